The van der Waals surface area contributed by atoms with Crippen molar-refractivity contribution >= 4 is 5.91 Å². The van der Waals surface area contributed by atoms with E-state index in [0.717, 1.165) is 0 Å². The van der Waals surface area contributed by atoms with Crippen LogP contribution in [0, 0.1) is 17.2 Å². The molecule has 2 aromatic rings. The van der Waals surface area contributed by atoms with Crippen LogP contribution in [0.5, 0.6) is 5.75 Å². The molecule has 0 fully saturated rings. The van der Waals surface area contributed by atoms with Gasteiger partial charge in [-0.05, 0) is 30.2 Å². The minimum Gasteiger partial charge on any atom is -0.489 e. The molecule has 0 unspecified atom stereocenters. The third-order valence-corrected chi connectivity index (χ3v) is 2.98. The summed E-state index contributed by atoms with van der Waals surface area (Å²) in [6, 6.07) is 10.6. The molecule has 0 aliphatic rings. The molecule has 1 aromatic carbocycles. The second kappa shape index (κ2) is 7.32. The molecule has 0 radical (unpaired) electrons. The fourth-order valence-electron chi connectivity index (χ4n) is 1.84. The molecule has 22 heavy (non-hydrogen) atoms. The van der Waals surface area contributed by atoms with E-state index in [2.05, 4.69) is 11.4 Å². The number of ether oxygens (including phenoxy) is 1. The summed E-state index contributed by atoms with van der Waals surface area (Å²) >= 11 is 0. The van der Waals surface area contributed by atoms with Crippen molar-refractivity contribution in [2.75, 3.05) is 6.54 Å². The minimum atomic E-state index is -0.247. The van der Waals surface area contributed by atoms with E-state index in [9.17, 15) is 4.79 Å². The molecule has 5 nitrogen and oxygen atoms in total. The molecule has 0 aliphatic heterocycles. The second-order valence-electron chi connectivity index (χ2n) is 5.31. The van der Waals surface area contributed by atoms with Gasteiger partial charge < -0.3 is 14.5 Å². The van der Waals surface area contributed by atoms with Gasteiger partial charge in [-0.15, -0.1) is 0 Å². The van der Waals surface area contributed by atoms with Crippen LogP contribution in [0.4, 0.5) is 0 Å². The van der Waals surface area contributed by atoms with E-state index in [-0.39, 0.29) is 18.3 Å². The predicted molar refractivity (Wildman–Crippen MR) is 81.4 cm³/mol. The Morgan fingerprint density at radius 3 is 2.95 bits per heavy atom. The third-order valence-electron chi connectivity index (χ3n) is 2.98. The van der Waals surface area contributed by atoms with Gasteiger partial charge in [0.2, 0.25) is 0 Å². The van der Waals surface area contributed by atoms with Crippen LogP contribution in [0.25, 0.3) is 0 Å². The number of hydrogen-bond acceptors (Lipinski definition) is 4. The molecule has 0 saturated carbocycles. The van der Waals surface area contributed by atoms with E-state index in [1.54, 1.807) is 30.3 Å². The maximum Gasteiger partial charge on any atom is 0.287 e. The van der Waals surface area contributed by atoms with Crippen molar-refractivity contribution in [3.8, 4) is 11.8 Å². The summed E-state index contributed by atoms with van der Waals surface area (Å²) in [7, 11) is 0. The minimum absolute atomic E-state index is 0.204. The highest BCUT2D eigenvalue weighted by Crippen LogP contribution is 2.17. The van der Waals surface area contributed by atoms with Crippen molar-refractivity contribution in [1.82, 2.24) is 5.32 Å². The zero-order valence-corrected chi connectivity index (χ0v) is 12.6. The van der Waals surface area contributed by atoms with E-state index >= 15 is 0 Å². The van der Waals surface area contributed by atoms with Crippen LogP contribution < -0.4 is 10.1 Å². The monoisotopic (exact) mass is 298 g/mol. The van der Waals surface area contributed by atoms with Crippen LogP contribution in [-0.4, -0.2) is 12.5 Å². The van der Waals surface area contributed by atoms with Gasteiger partial charge in [-0.3, -0.25) is 4.79 Å². The van der Waals surface area contributed by atoms with Crippen LogP contribution >= 0.6 is 0 Å². The van der Waals surface area contributed by atoms with E-state index in [4.69, 9.17) is 14.4 Å². The van der Waals surface area contributed by atoms with Crippen LogP contribution in [0.2, 0.25) is 0 Å². The molecule has 0 atom stereocenters. The van der Waals surface area contributed by atoms with Gasteiger partial charge >= 0.3 is 0 Å². The van der Waals surface area contributed by atoms with Crippen LogP contribution in [-0.2, 0) is 6.61 Å². The molecular weight excluding hydrogens is 280 g/mol. The maximum absolute atomic E-state index is 12.0. The Balaban J connectivity index is 2.00. The second-order valence-corrected chi connectivity index (χ2v) is 5.31. The van der Waals surface area contributed by atoms with Gasteiger partial charge in [0.05, 0.1) is 17.9 Å². The van der Waals surface area contributed by atoms with Gasteiger partial charge in [-0.2, -0.15) is 5.26 Å². The number of nitrogens with one attached hydrogen (secondary N) is 1. The Morgan fingerprint density at radius 1 is 1.41 bits per heavy atom. The molecule has 114 valence electrons. The topological polar surface area (TPSA) is 75.3 Å². The number of rotatable bonds is 6. The smallest absolute Gasteiger partial charge is 0.287 e. The van der Waals surface area contributed by atoms with E-state index < -0.39 is 0 Å². The lowest BCUT2D eigenvalue weighted by molar-refractivity contribution is 0.0917. The first-order valence-corrected chi connectivity index (χ1v) is 7.07. The zero-order chi connectivity index (χ0) is 15.9. The van der Waals surface area contributed by atoms with Crippen molar-refractivity contribution in [3.63, 3.8) is 0 Å². The molecule has 1 heterocycles. The molecule has 2 rings (SSSR count). The van der Waals surface area contributed by atoms with Crippen molar-refractivity contribution in [1.29, 1.82) is 5.26 Å². The number of hydrogen-bond donors (Lipinski definition) is 1. The van der Waals surface area contributed by atoms with Crippen molar-refractivity contribution in [2.24, 2.45) is 5.92 Å². The Bertz CT molecular complexity index is 683. The molecule has 0 saturated heterocycles. The number of nitriles is 1. The highest BCUT2D eigenvalue weighted by molar-refractivity contribution is 5.92. The Hall–Kier alpha value is -2.74. The van der Waals surface area contributed by atoms with Gasteiger partial charge in [0.1, 0.15) is 12.4 Å². The largest absolute Gasteiger partial charge is 0.489 e. The molecule has 1 amide bonds. The average Bonchev–Trinajstić information content (AvgIpc) is 2.99. The third kappa shape index (κ3) is 4.13. The Morgan fingerprint density at radius 2 is 2.23 bits per heavy atom. The summed E-state index contributed by atoms with van der Waals surface area (Å²) in [6.45, 7) is 4.84. The van der Waals surface area contributed by atoms with Gasteiger partial charge in [-0.25, -0.2) is 0 Å². The predicted octanol–water partition coefficient (Wildman–Crippen LogP) is 3.12. The standard InChI is InChI=1S/C17H18N2O3/c1-12(2)10-19-17(20)16-14(6-7-21-16)11-22-15-5-3-4-13(8-15)9-18/h3-8,12H,10-11H2,1-2H3,(H,19,20). The number of carbonyl (C=O) groups excluding carboxylic acids is 1. The summed E-state index contributed by atoms with van der Waals surface area (Å²) in [4.78, 5) is 12.0. The SMILES string of the molecule is CC(C)CNC(=O)c1occc1COc1cccc(C#N)c1. The summed E-state index contributed by atoms with van der Waals surface area (Å²) in [5.74, 6) is 0.960. The highest BCUT2D eigenvalue weighted by atomic mass is 16.5. The van der Waals surface area contributed by atoms with Crippen molar-refractivity contribution in [3.05, 3.63) is 53.5 Å². The number of furan rings is 1. The quantitative estimate of drug-likeness (QED) is 0.889. The molecule has 0 aliphatic carbocycles. The van der Waals surface area contributed by atoms with Crippen molar-refractivity contribution in [2.45, 2.75) is 20.5 Å². The lowest BCUT2D eigenvalue weighted by Crippen LogP contribution is -2.27. The number of benzene rings is 1. The van der Waals surface area contributed by atoms with E-state index in [0.29, 0.717) is 29.3 Å². The van der Waals surface area contributed by atoms with Crippen LogP contribution in [0.1, 0.15) is 35.5 Å². The molecule has 1 N–H and O–H groups in total. The first kappa shape index (κ1) is 15.6. The Kier molecular flexibility index (Phi) is 5.21. The fourth-order valence-corrected chi connectivity index (χ4v) is 1.84. The van der Waals surface area contributed by atoms with E-state index in [1.807, 2.05) is 13.8 Å². The van der Waals surface area contributed by atoms with Crippen LogP contribution in [0.15, 0.2) is 41.0 Å². The van der Waals surface area contributed by atoms with Crippen LogP contribution in [0.3, 0.4) is 0 Å². The number of nitrogens with zero attached hydrogens (tertiary/aromatic N) is 1. The van der Waals surface area contributed by atoms with Gasteiger partial charge in [0.25, 0.3) is 5.91 Å². The molecule has 0 bridgehead atoms. The summed E-state index contributed by atoms with van der Waals surface area (Å²) in [5, 5.41) is 11.7. The first-order chi connectivity index (χ1) is 10.6. The Labute approximate surface area is 129 Å². The lowest BCUT2D eigenvalue weighted by atomic mass is 10.2. The zero-order valence-electron chi connectivity index (χ0n) is 12.6. The molecule has 1 aromatic heterocycles. The number of amides is 1. The van der Waals surface area contributed by atoms with Gasteiger partial charge in [-0.1, -0.05) is 19.9 Å². The summed E-state index contributed by atoms with van der Waals surface area (Å²) in [6.07, 6.45) is 1.47. The lowest BCUT2D eigenvalue weighted by Gasteiger charge is -2.08. The summed E-state index contributed by atoms with van der Waals surface area (Å²) in [5.41, 5.74) is 1.20. The fraction of sp³-hybridized carbons (Fsp3) is 0.294. The molecular formula is C17H18N2O3. The average molecular weight is 298 g/mol. The van der Waals surface area contributed by atoms with Gasteiger partial charge in [0, 0.05) is 12.1 Å². The highest BCUT2D eigenvalue weighted by Gasteiger charge is 2.15. The molecule has 5 heteroatoms. The maximum atomic E-state index is 12.0. The normalized spacial score (nSPS) is 10.3. The molecule has 0 spiro atoms. The first-order valence-electron chi connectivity index (χ1n) is 7.07. The van der Waals surface area contributed by atoms with E-state index in [1.165, 1.54) is 6.26 Å². The van der Waals surface area contributed by atoms with Crippen molar-refractivity contribution < 1.29 is 13.9 Å². The van der Waals surface area contributed by atoms with Gasteiger partial charge in [0.15, 0.2) is 5.76 Å². The summed E-state index contributed by atoms with van der Waals surface area (Å²) < 4.78 is 10.9. The number of carbonyl (C=O) groups is 1.